The molecule has 172 valence electrons. The predicted molar refractivity (Wildman–Crippen MR) is 122 cm³/mol. The number of esters is 1. The van der Waals surface area contributed by atoms with Crippen LogP contribution in [0.3, 0.4) is 0 Å². The van der Waals surface area contributed by atoms with Gasteiger partial charge in [0.1, 0.15) is 6.54 Å². The van der Waals surface area contributed by atoms with E-state index in [0.29, 0.717) is 13.0 Å². The number of quaternary nitrogens is 1. The van der Waals surface area contributed by atoms with E-state index in [2.05, 4.69) is 33.9 Å². The quantitative estimate of drug-likeness (QED) is 0.368. The highest BCUT2D eigenvalue weighted by Gasteiger charge is 2.66. The van der Waals surface area contributed by atoms with E-state index in [1.54, 1.807) is 6.92 Å². The van der Waals surface area contributed by atoms with Gasteiger partial charge in [0.05, 0.1) is 13.2 Å². The molecule has 3 rings (SSSR count). The minimum atomic E-state index is -1.89. The Hall–Kier alpha value is -1.70. The second-order valence-corrected chi connectivity index (χ2v) is 15.8. The van der Waals surface area contributed by atoms with E-state index in [1.165, 1.54) is 0 Å². The van der Waals surface area contributed by atoms with Crippen LogP contribution in [0.15, 0.2) is 30.3 Å². The van der Waals surface area contributed by atoms with Crippen molar-refractivity contribution in [3.63, 3.8) is 0 Å². The molecule has 1 aliphatic carbocycles. The Morgan fingerprint density at radius 2 is 1.77 bits per heavy atom. The number of hydrogen-bond acceptors (Lipinski definition) is 4. The van der Waals surface area contributed by atoms with E-state index in [1.807, 2.05) is 30.3 Å². The number of amides is 1. The zero-order chi connectivity index (χ0) is 23.1. The molecule has 2 atom stereocenters. The highest BCUT2D eigenvalue weighted by atomic mass is 28.4. The van der Waals surface area contributed by atoms with E-state index in [9.17, 15) is 14.7 Å². The van der Waals surface area contributed by atoms with Crippen LogP contribution in [0.25, 0.3) is 0 Å². The van der Waals surface area contributed by atoms with Crippen LogP contribution in [0.1, 0.15) is 52.5 Å². The van der Waals surface area contributed by atoms with Crippen LogP contribution in [0, 0.1) is 5.41 Å². The highest BCUT2D eigenvalue weighted by molar-refractivity contribution is 6.74. The lowest BCUT2D eigenvalue weighted by molar-refractivity contribution is -0.877. The lowest BCUT2D eigenvalue weighted by Crippen LogP contribution is -2.59. The molecule has 6 nitrogen and oxygen atoms in total. The van der Waals surface area contributed by atoms with Crippen molar-refractivity contribution in [2.75, 3.05) is 13.2 Å². The molecule has 31 heavy (non-hydrogen) atoms. The van der Waals surface area contributed by atoms with Crippen molar-refractivity contribution in [3.8, 4) is 0 Å². The molecule has 0 aromatic heterocycles. The fraction of sp³-hybridized carbons (Fsp3) is 0.667. The van der Waals surface area contributed by atoms with Gasteiger partial charge < -0.3 is 14.3 Å². The lowest BCUT2D eigenvalue weighted by atomic mass is 9.65. The Morgan fingerprint density at radius 1 is 1.16 bits per heavy atom. The molecule has 1 amide bonds. The van der Waals surface area contributed by atoms with Crippen LogP contribution in [0.4, 0.5) is 4.79 Å². The predicted octanol–water partition coefficient (Wildman–Crippen LogP) is 5.19. The first-order valence-electron chi connectivity index (χ1n) is 11.3. The summed E-state index contributed by atoms with van der Waals surface area (Å²) in [6, 6.07) is 8.90. The number of benzene rings is 1. The minimum Gasteiger partial charge on any atom is -0.462 e. The molecule has 2 fully saturated rings. The molecule has 1 saturated carbocycles. The number of nitrogens with zero attached hydrogens (tertiary/aromatic N) is 1. The fourth-order valence-corrected chi connectivity index (χ4v) is 6.46. The van der Waals surface area contributed by atoms with Crippen LogP contribution < -0.4 is 0 Å². The van der Waals surface area contributed by atoms with Crippen LogP contribution in [-0.4, -0.2) is 55.3 Å². The van der Waals surface area contributed by atoms with Gasteiger partial charge in [-0.1, -0.05) is 51.1 Å². The summed E-state index contributed by atoms with van der Waals surface area (Å²) in [6.45, 7) is 13.9. The molecule has 1 spiro atoms. The number of ether oxygens (including phenoxy) is 1. The smallest absolute Gasteiger partial charge is 0.462 e. The maximum absolute atomic E-state index is 12.9. The molecule has 1 aromatic rings. The van der Waals surface area contributed by atoms with E-state index in [-0.39, 0.29) is 34.2 Å². The van der Waals surface area contributed by atoms with Gasteiger partial charge >= 0.3 is 12.1 Å². The number of likely N-dealkylation sites (tertiary alicyclic amines) is 1. The normalized spacial score (nSPS) is 30.8. The second kappa shape index (κ2) is 8.33. The van der Waals surface area contributed by atoms with Gasteiger partial charge in [0.25, 0.3) is 0 Å². The third kappa shape index (κ3) is 4.59. The van der Waals surface area contributed by atoms with E-state index in [0.717, 1.165) is 18.4 Å². The van der Waals surface area contributed by atoms with Crippen LogP contribution in [0.5, 0.6) is 0 Å². The molecule has 1 aliphatic heterocycles. The summed E-state index contributed by atoms with van der Waals surface area (Å²) in [4.78, 5) is 25.6. The zero-order valence-electron chi connectivity index (χ0n) is 19.8. The van der Waals surface area contributed by atoms with Crippen molar-refractivity contribution in [2.45, 2.75) is 83.8 Å². The van der Waals surface area contributed by atoms with Gasteiger partial charge in [-0.25, -0.2) is 9.28 Å². The molecule has 2 unspecified atom stereocenters. The average Bonchev–Trinajstić information content (AvgIpc) is 2.98. The van der Waals surface area contributed by atoms with Crippen LogP contribution in [0.2, 0.25) is 18.1 Å². The first-order valence-corrected chi connectivity index (χ1v) is 14.2. The Labute approximate surface area is 187 Å². The van der Waals surface area contributed by atoms with Gasteiger partial charge in [-0.3, -0.25) is 0 Å². The van der Waals surface area contributed by atoms with Gasteiger partial charge in [-0.15, -0.1) is 0 Å². The zero-order valence-corrected chi connectivity index (χ0v) is 20.8. The topological polar surface area (TPSA) is 72.8 Å². The van der Waals surface area contributed by atoms with Crippen molar-refractivity contribution in [2.24, 2.45) is 5.41 Å². The average molecular weight is 449 g/mol. The third-order valence-corrected chi connectivity index (χ3v) is 12.2. The van der Waals surface area contributed by atoms with Crippen molar-refractivity contribution >= 4 is 20.4 Å². The van der Waals surface area contributed by atoms with Gasteiger partial charge in [-0.05, 0) is 37.9 Å². The molecular formula is C24H38NO5Si+. The van der Waals surface area contributed by atoms with Crippen molar-refractivity contribution in [1.29, 1.82) is 0 Å². The lowest BCUT2D eigenvalue weighted by Gasteiger charge is -2.49. The van der Waals surface area contributed by atoms with E-state index in [4.69, 9.17) is 9.16 Å². The van der Waals surface area contributed by atoms with Gasteiger partial charge in [-0.2, -0.15) is 4.79 Å². The third-order valence-electron chi connectivity index (χ3n) is 7.68. The first kappa shape index (κ1) is 23.9. The highest BCUT2D eigenvalue weighted by Crippen LogP contribution is 2.56. The largest absolute Gasteiger partial charge is 0.514 e. The molecule has 1 saturated heterocycles. The van der Waals surface area contributed by atoms with Crippen LogP contribution in [-0.2, 0) is 20.5 Å². The van der Waals surface area contributed by atoms with E-state index >= 15 is 0 Å². The summed E-state index contributed by atoms with van der Waals surface area (Å²) >= 11 is 0. The van der Waals surface area contributed by atoms with Gasteiger partial charge in [0.2, 0.25) is 0 Å². The minimum absolute atomic E-state index is 0.132. The molecule has 0 radical (unpaired) electrons. The standard InChI is InChI=1S/C24H37NO5Si/c1-7-29-21(26)20-15-24(13-19(14-24)30-31(5,6)23(2,3)4)17-25(20,22(27)28)16-18-11-9-8-10-12-18/h8-12,19-20H,7,13-17H2,1-6H3/p+1. The molecule has 7 heteroatoms. The van der Waals surface area contributed by atoms with Crippen molar-refractivity contribution < 1.29 is 28.3 Å². The van der Waals surface area contributed by atoms with E-state index < -0.39 is 26.4 Å². The van der Waals surface area contributed by atoms with Crippen LogP contribution >= 0.6 is 0 Å². The number of hydrogen-bond donors (Lipinski definition) is 1. The monoisotopic (exact) mass is 448 g/mol. The molecule has 0 bridgehead atoms. The number of carboxylic acid groups (broad SMARTS) is 1. The second-order valence-electron chi connectivity index (χ2n) is 11.0. The van der Waals surface area contributed by atoms with Crippen molar-refractivity contribution in [1.82, 2.24) is 0 Å². The number of rotatable bonds is 6. The summed E-state index contributed by atoms with van der Waals surface area (Å²) in [5, 5.41) is 10.5. The molecule has 1 heterocycles. The maximum atomic E-state index is 12.9. The summed E-state index contributed by atoms with van der Waals surface area (Å²) in [5.74, 6) is -0.397. The molecular weight excluding hydrogens is 410 g/mol. The Bertz CT molecular complexity index is 813. The molecule has 1 N–H and O–H groups in total. The number of carbonyl (C=O) groups excluding carboxylic acids is 1. The Kier molecular flexibility index (Phi) is 6.44. The summed E-state index contributed by atoms with van der Waals surface area (Å²) in [5.41, 5.74) is 0.738. The molecule has 1 aromatic carbocycles. The first-order chi connectivity index (χ1) is 14.3. The van der Waals surface area contributed by atoms with Crippen molar-refractivity contribution in [3.05, 3.63) is 35.9 Å². The summed E-state index contributed by atoms with van der Waals surface area (Å²) in [6.07, 6.45) is 1.37. The van der Waals surface area contributed by atoms with Gasteiger partial charge in [0, 0.05) is 23.5 Å². The fourth-order valence-electron chi connectivity index (χ4n) is 5.10. The summed E-state index contributed by atoms with van der Waals surface area (Å²) in [7, 11) is -1.89. The number of carbonyl (C=O) groups is 2. The van der Waals surface area contributed by atoms with Gasteiger partial charge in [0.15, 0.2) is 14.4 Å². The SMILES string of the molecule is CCOC(=O)C1CC2(CC(O[Si](C)(C)C(C)(C)C)C2)C[N+]1(Cc1ccccc1)C(=O)O. The molecule has 2 aliphatic rings. The Balaban J connectivity index is 1.84. The maximum Gasteiger partial charge on any atom is 0.514 e. The Morgan fingerprint density at radius 3 is 2.29 bits per heavy atom. The summed E-state index contributed by atoms with van der Waals surface area (Å²) < 4.78 is 11.6.